The summed E-state index contributed by atoms with van der Waals surface area (Å²) in [7, 11) is -3.03. The standard InChI is InChI=1S/C29H28NO2P/c1-2-29(31)27-20-12-13-21-28(27)30(22-24-14-6-3-7-15-24)23-33(32,25-16-8-4-9-17-25)26-18-10-5-11-19-26/h3-21H,2,22-23H2,1H3. The Morgan fingerprint density at radius 1 is 0.697 bits per heavy atom. The van der Waals surface area contributed by atoms with Crippen molar-refractivity contribution in [2.75, 3.05) is 11.2 Å². The molecule has 0 aromatic heterocycles. The summed E-state index contributed by atoms with van der Waals surface area (Å²) in [6.45, 7) is 2.43. The average molecular weight is 454 g/mol. The number of hydrogen-bond donors (Lipinski definition) is 0. The summed E-state index contributed by atoms with van der Waals surface area (Å²) < 4.78 is 14.8. The van der Waals surface area contributed by atoms with Gasteiger partial charge in [-0.2, -0.15) is 0 Å². The van der Waals surface area contributed by atoms with Crippen molar-refractivity contribution in [3.63, 3.8) is 0 Å². The largest absolute Gasteiger partial charge is 0.359 e. The first-order chi connectivity index (χ1) is 16.1. The summed E-state index contributed by atoms with van der Waals surface area (Å²) >= 11 is 0. The monoisotopic (exact) mass is 453 g/mol. The first-order valence-electron chi connectivity index (χ1n) is 11.2. The van der Waals surface area contributed by atoms with Crippen LogP contribution in [0.5, 0.6) is 0 Å². The van der Waals surface area contributed by atoms with Crippen LogP contribution in [0, 0.1) is 0 Å². The van der Waals surface area contributed by atoms with Crippen molar-refractivity contribution >= 4 is 29.2 Å². The number of nitrogens with zero attached hydrogens (tertiary/aromatic N) is 1. The third kappa shape index (κ3) is 5.16. The normalized spacial score (nSPS) is 11.2. The van der Waals surface area contributed by atoms with Gasteiger partial charge in [0.05, 0.1) is 6.29 Å². The Hall–Kier alpha value is -3.42. The molecule has 0 N–H and O–H groups in total. The van der Waals surface area contributed by atoms with E-state index >= 15 is 0 Å². The van der Waals surface area contributed by atoms with E-state index in [4.69, 9.17) is 0 Å². The molecule has 4 heteroatoms. The number of anilines is 1. The fourth-order valence-corrected chi connectivity index (χ4v) is 6.75. The van der Waals surface area contributed by atoms with Crippen LogP contribution in [0.1, 0.15) is 29.3 Å². The molecule has 0 aliphatic carbocycles. The summed E-state index contributed by atoms with van der Waals surface area (Å²) in [4.78, 5) is 14.9. The van der Waals surface area contributed by atoms with Crippen molar-refractivity contribution in [3.8, 4) is 0 Å². The molecule has 0 unspecified atom stereocenters. The topological polar surface area (TPSA) is 37.4 Å². The molecule has 0 saturated carbocycles. The van der Waals surface area contributed by atoms with E-state index in [9.17, 15) is 9.36 Å². The van der Waals surface area contributed by atoms with E-state index in [1.54, 1.807) is 0 Å². The molecule has 0 saturated heterocycles. The van der Waals surface area contributed by atoms with Crippen LogP contribution in [0.15, 0.2) is 115 Å². The Balaban J connectivity index is 1.85. The fraction of sp³-hybridized carbons (Fsp3) is 0.138. The number of carbonyl (C=O) groups is 1. The maximum Gasteiger partial charge on any atom is 0.164 e. The molecule has 0 heterocycles. The van der Waals surface area contributed by atoms with Gasteiger partial charge in [0.25, 0.3) is 0 Å². The van der Waals surface area contributed by atoms with Gasteiger partial charge in [0, 0.05) is 34.8 Å². The van der Waals surface area contributed by atoms with Crippen molar-refractivity contribution in [3.05, 3.63) is 126 Å². The van der Waals surface area contributed by atoms with E-state index in [0.29, 0.717) is 24.8 Å². The molecule has 4 rings (SSSR count). The first kappa shape index (κ1) is 22.8. The Labute approximate surface area is 196 Å². The summed E-state index contributed by atoms with van der Waals surface area (Å²) in [5.74, 6) is 0.0814. The van der Waals surface area contributed by atoms with Gasteiger partial charge in [-0.15, -0.1) is 0 Å². The second-order valence-electron chi connectivity index (χ2n) is 8.03. The van der Waals surface area contributed by atoms with Crippen molar-refractivity contribution in [1.82, 2.24) is 0 Å². The number of ketones is 1. The van der Waals surface area contributed by atoms with E-state index in [1.165, 1.54) is 0 Å². The minimum atomic E-state index is -3.03. The van der Waals surface area contributed by atoms with Gasteiger partial charge < -0.3 is 9.46 Å². The summed E-state index contributed by atoms with van der Waals surface area (Å²) in [5.41, 5.74) is 2.59. The molecule has 0 aliphatic heterocycles. The van der Waals surface area contributed by atoms with Crippen LogP contribution in [0.3, 0.4) is 0 Å². The third-order valence-electron chi connectivity index (χ3n) is 5.80. The van der Waals surface area contributed by atoms with Crippen LogP contribution in [-0.4, -0.2) is 12.1 Å². The maximum atomic E-state index is 14.8. The second kappa shape index (κ2) is 10.5. The van der Waals surface area contributed by atoms with Crippen LogP contribution in [-0.2, 0) is 11.1 Å². The van der Waals surface area contributed by atoms with Crippen molar-refractivity contribution in [1.29, 1.82) is 0 Å². The van der Waals surface area contributed by atoms with Crippen LogP contribution in [0.2, 0.25) is 0 Å². The third-order valence-corrected chi connectivity index (χ3v) is 8.80. The van der Waals surface area contributed by atoms with E-state index < -0.39 is 7.14 Å². The summed E-state index contributed by atoms with van der Waals surface area (Å²) in [5, 5.41) is 1.63. The van der Waals surface area contributed by atoms with Gasteiger partial charge in [-0.3, -0.25) is 4.79 Å². The van der Waals surface area contributed by atoms with Gasteiger partial charge in [0.1, 0.15) is 0 Å². The minimum absolute atomic E-state index is 0.0814. The zero-order valence-electron chi connectivity index (χ0n) is 18.8. The first-order valence-corrected chi connectivity index (χ1v) is 13.1. The van der Waals surface area contributed by atoms with Gasteiger partial charge in [-0.25, -0.2) is 0 Å². The van der Waals surface area contributed by atoms with Gasteiger partial charge in [-0.1, -0.05) is 110 Å². The van der Waals surface area contributed by atoms with E-state index in [0.717, 1.165) is 21.9 Å². The van der Waals surface area contributed by atoms with E-state index in [2.05, 4.69) is 17.0 Å². The lowest BCUT2D eigenvalue weighted by atomic mass is 10.1. The molecule has 4 aromatic carbocycles. The molecule has 0 aliphatic rings. The lowest BCUT2D eigenvalue weighted by molar-refractivity contribution is 0.0988. The number of hydrogen-bond acceptors (Lipinski definition) is 3. The fourth-order valence-electron chi connectivity index (χ4n) is 4.08. The molecule has 166 valence electrons. The zero-order chi connectivity index (χ0) is 23.1. The Kier molecular flexibility index (Phi) is 7.22. The quantitative estimate of drug-likeness (QED) is 0.222. The molecule has 4 aromatic rings. The van der Waals surface area contributed by atoms with Gasteiger partial charge in [0.2, 0.25) is 0 Å². The van der Waals surface area contributed by atoms with Crippen LogP contribution >= 0.6 is 7.14 Å². The highest BCUT2D eigenvalue weighted by Crippen LogP contribution is 2.45. The molecule has 0 fully saturated rings. The Morgan fingerprint density at radius 2 is 1.18 bits per heavy atom. The van der Waals surface area contributed by atoms with Gasteiger partial charge in [-0.05, 0) is 17.7 Å². The number of benzene rings is 4. The predicted molar refractivity (Wildman–Crippen MR) is 138 cm³/mol. The molecule has 0 radical (unpaired) electrons. The molecule has 0 spiro atoms. The second-order valence-corrected chi connectivity index (χ2v) is 10.8. The number of carbonyl (C=O) groups excluding carboxylic acids is 1. The van der Waals surface area contributed by atoms with Crippen molar-refractivity contribution < 1.29 is 9.36 Å². The van der Waals surface area contributed by atoms with Crippen LogP contribution in [0.4, 0.5) is 5.69 Å². The highest BCUT2D eigenvalue weighted by molar-refractivity contribution is 7.78. The van der Waals surface area contributed by atoms with Crippen molar-refractivity contribution in [2.45, 2.75) is 19.9 Å². The predicted octanol–water partition coefficient (Wildman–Crippen LogP) is 6.26. The smallest absolute Gasteiger partial charge is 0.164 e. The summed E-state index contributed by atoms with van der Waals surface area (Å²) in [6, 6.07) is 37.2. The average Bonchev–Trinajstić information content (AvgIpc) is 2.89. The van der Waals surface area contributed by atoms with Gasteiger partial charge >= 0.3 is 0 Å². The maximum absolute atomic E-state index is 14.8. The molecule has 0 atom stereocenters. The van der Waals surface area contributed by atoms with E-state index in [1.807, 2.05) is 110 Å². The zero-order valence-corrected chi connectivity index (χ0v) is 19.7. The van der Waals surface area contributed by atoms with Crippen LogP contribution in [0.25, 0.3) is 0 Å². The minimum Gasteiger partial charge on any atom is -0.359 e. The number of Topliss-reactive ketones (excluding diaryl/α,β-unsaturated/α-hetero) is 1. The summed E-state index contributed by atoms with van der Waals surface area (Å²) in [6.07, 6.45) is 0.717. The molecule has 33 heavy (non-hydrogen) atoms. The lowest BCUT2D eigenvalue weighted by Crippen LogP contribution is -2.31. The van der Waals surface area contributed by atoms with Crippen molar-refractivity contribution in [2.24, 2.45) is 0 Å². The Morgan fingerprint density at radius 3 is 1.73 bits per heavy atom. The lowest BCUT2D eigenvalue weighted by Gasteiger charge is -2.31. The molecular weight excluding hydrogens is 425 g/mol. The van der Waals surface area contributed by atoms with Crippen LogP contribution < -0.4 is 15.5 Å². The Bertz CT molecular complexity index is 1200. The SMILES string of the molecule is CCC(=O)c1ccccc1N(Cc1ccccc1)CP(=O)(c1ccccc1)c1ccccc1. The number of para-hydroxylation sites is 1. The number of rotatable bonds is 9. The molecule has 0 bridgehead atoms. The molecular formula is C29H28NO2P. The highest BCUT2D eigenvalue weighted by Gasteiger charge is 2.31. The molecule has 3 nitrogen and oxygen atoms in total. The molecule has 0 amide bonds. The highest BCUT2D eigenvalue weighted by atomic mass is 31.2. The van der Waals surface area contributed by atoms with E-state index in [-0.39, 0.29) is 5.78 Å². The van der Waals surface area contributed by atoms with Gasteiger partial charge in [0.15, 0.2) is 12.9 Å².